The molecule has 100 valence electrons. The molecule has 18 heavy (non-hydrogen) atoms. The molecule has 0 saturated carbocycles. The molecule has 0 aliphatic carbocycles. The first-order valence-electron chi connectivity index (χ1n) is 5.67. The zero-order chi connectivity index (χ0) is 13.8. The number of benzene rings is 1. The summed E-state index contributed by atoms with van der Waals surface area (Å²) in [6.45, 7) is 6.05. The van der Waals surface area contributed by atoms with E-state index in [4.69, 9.17) is 4.84 Å². The second-order valence-corrected chi connectivity index (χ2v) is 5.80. The third-order valence-corrected chi connectivity index (χ3v) is 2.72. The fourth-order valence-corrected chi connectivity index (χ4v) is 1.83. The molecule has 0 aromatic heterocycles. The molecule has 0 heterocycles. The van der Waals surface area contributed by atoms with Crippen molar-refractivity contribution in [1.29, 1.82) is 0 Å². The highest BCUT2D eigenvalue weighted by atomic mass is 79.9. The molecule has 3 nitrogen and oxygen atoms in total. The Kier molecular flexibility index (Phi) is 5.28. The summed E-state index contributed by atoms with van der Waals surface area (Å²) in [5.41, 5.74) is 0.525. The number of hydrogen-bond acceptors (Lipinski definition) is 2. The van der Waals surface area contributed by atoms with Gasteiger partial charge in [0.1, 0.15) is 5.82 Å². The van der Waals surface area contributed by atoms with Gasteiger partial charge in [-0.1, -0.05) is 6.07 Å². The van der Waals surface area contributed by atoms with Crippen LogP contribution in [0.3, 0.4) is 0 Å². The molecule has 0 aliphatic heterocycles. The van der Waals surface area contributed by atoms with Gasteiger partial charge in [-0.2, -0.15) is 0 Å². The summed E-state index contributed by atoms with van der Waals surface area (Å²) in [7, 11) is 0. The van der Waals surface area contributed by atoms with E-state index in [1.807, 2.05) is 20.8 Å². The SMILES string of the molecule is CC(C)(C)ON(C=O)CCc1ccc(F)c(Br)c1. The van der Waals surface area contributed by atoms with E-state index in [0.717, 1.165) is 5.56 Å². The zero-order valence-electron chi connectivity index (χ0n) is 10.7. The molecule has 0 bridgehead atoms. The minimum Gasteiger partial charge on any atom is -0.276 e. The minimum atomic E-state index is -0.412. The Morgan fingerprint density at radius 1 is 1.44 bits per heavy atom. The van der Waals surface area contributed by atoms with Crippen LogP contribution in [-0.2, 0) is 16.1 Å². The second kappa shape index (κ2) is 6.29. The lowest BCUT2D eigenvalue weighted by atomic mass is 10.1. The highest BCUT2D eigenvalue weighted by Crippen LogP contribution is 2.17. The van der Waals surface area contributed by atoms with Gasteiger partial charge in [0.25, 0.3) is 0 Å². The normalized spacial score (nSPS) is 11.4. The van der Waals surface area contributed by atoms with Gasteiger partial charge in [0, 0.05) is 0 Å². The van der Waals surface area contributed by atoms with Crippen molar-refractivity contribution in [2.24, 2.45) is 0 Å². The van der Waals surface area contributed by atoms with Gasteiger partial charge < -0.3 is 0 Å². The average molecular weight is 318 g/mol. The van der Waals surface area contributed by atoms with Crippen LogP contribution >= 0.6 is 15.9 Å². The maximum absolute atomic E-state index is 13.0. The molecule has 0 N–H and O–H groups in total. The molecule has 0 saturated heterocycles. The number of rotatable bonds is 5. The number of hydrogen-bond donors (Lipinski definition) is 0. The fraction of sp³-hybridized carbons (Fsp3) is 0.462. The third-order valence-electron chi connectivity index (χ3n) is 2.11. The number of carbonyl (C=O) groups excluding carboxylic acids is 1. The smallest absolute Gasteiger partial charge is 0.233 e. The molecule has 1 aromatic rings. The van der Waals surface area contributed by atoms with Gasteiger partial charge in [0.05, 0.1) is 16.6 Å². The van der Waals surface area contributed by atoms with E-state index in [0.29, 0.717) is 23.8 Å². The number of halogens is 2. The summed E-state index contributed by atoms with van der Waals surface area (Å²) in [6.07, 6.45) is 1.26. The molecule has 0 unspecified atom stereocenters. The molecule has 1 amide bonds. The van der Waals surface area contributed by atoms with Gasteiger partial charge >= 0.3 is 0 Å². The van der Waals surface area contributed by atoms with Crippen LogP contribution < -0.4 is 0 Å². The largest absolute Gasteiger partial charge is 0.276 e. The van der Waals surface area contributed by atoms with Gasteiger partial charge in [0.15, 0.2) is 0 Å². The molecular formula is C13H17BrFNO2. The van der Waals surface area contributed by atoms with Crippen LogP contribution in [0.4, 0.5) is 4.39 Å². The molecule has 0 fully saturated rings. The quantitative estimate of drug-likeness (QED) is 0.616. The molecule has 0 spiro atoms. The van der Waals surface area contributed by atoms with E-state index in [-0.39, 0.29) is 5.82 Å². The van der Waals surface area contributed by atoms with Crippen LogP contribution in [0.25, 0.3) is 0 Å². The van der Waals surface area contributed by atoms with Crippen LogP contribution in [0.1, 0.15) is 26.3 Å². The van der Waals surface area contributed by atoms with Crippen molar-refractivity contribution in [3.05, 3.63) is 34.1 Å². The van der Waals surface area contributed by atoms with E-state index in [1.54, 1.807) is 12.1 Å². The van der Waals surface area contributed by atoms with Crippen LogP contribution in [0.2, 0.25) is 0 Å². The lowest BCUT2D eigenvalue weighted by Gasteiger charge is -2.26. The summed E-state index contributed by atoms with van der Waals surface area (Å²) < 4.78 is 13.5. The Morgan fingerprint density at radius 2 is 2.11 bits per heavy atom. The molecule has 0 atom stereocenters. The van der Waals surface area contributed by atoms with Crippen LogP contribution in [0.5, 0.6) is 0 Å². The lowest BCUT2D eigenvalue weighted by molar-refractivity contribution is -0.215. The Morgan fingerprint density at radius 3 is 2.61 bits per heavy atom. The minimum absolute atomic E-state index is 0.295. The Hall–Kier alpha value is -0.940. The van der Waals surface area contributed by atoms with Crippen molar-refractivity contribution in [3.63, 3.8) is 0 Å². The van der Waals surface area contributed by atoms with Crippen molar-refractivity contribution in [2.75, 3.05) is 6.54 Å². The standard InChI is InChI=1S/C13H17BrFNO2/c1-13(2,3)18-16(9-17)7-6-10-4-5-12(15)11(14)8-10/h4-5,8-9H,6-7H2,1-3H3. The van der Waals surface area contributed by atoms with Gasteiger partial charge in [-0.05, 0) is 60.8 Å². The zero-order valence-corrected chi connectivity index (χ0v) is 12.3. The van der Waals surface area contributed by atoms with Crippen molar-refractivity contribution in [1.82, 2.24) is 5.06 Å². The highest BCUT2D eigenvalue weighted by molar-refractivity contribution is 9.10. The lowest BCUT2D eigenvalue weighted by Crippen LogP contribution is -2.34. The van der Waals surface area contributed by atoms with Gasteiger partial charge in [-0.25, -0.2) is 9.45 Å². The first-order valence-corrected chi connectivity index (χ1v) is 6.46. The van der Waals surface area contributed by atoms with E-state index < -0.39 is 5.60 Å². The van der Waals surface area contributed by atoms with Crippen molar-refractivity contribution in [2.45, 2.75) is 32.8 Å². The van der Waals surface area contributed by atoms with Crippen molar-refractivity contribution < 1.29 is 14.0 Å². The highest BCUT2D eigenvalue weighted by Gasteiger charge is 2.15. The Bertz CT molecular complexity index is 418. The van der Waals surface area contributed by atoms with Gasteiger partial charge in [0.2, 0.25) is 6.41 Å². The monoisotopic (exact) mass is 317 g/mol. The van der Waals surface area contributed by atoms with E-state index in [1.165, 1.54) is 11.1 Å². The van der Waals surface area contributed by atoms with E-state index >= 15 is 0 Å². The van der Waals surface area contributed by atoms with Crippen molar-refractivity contribution in [3.8, 4) is 0 Å². The third kappa shape index (κ3) is 5.14. The maximum Gasteiger partial charge on any atom is 0.233 e. The first-order chi connectivity index (χ1) is 8.31. The molecule has 5 heteroatoms. The predicted molar refractivity (Wildman–Crippen MR) is 71.4 cm³/mol. The summed E-state index contributed by atoms with van der Waals surface area (Å²) in [5.74, 6) is -0.295. The predicted octanol–water partition coefficient (Wildman–Crippen LogP) is 3.32. The van der Waals surface area contributed by atoms with E-state index in [9.17, 15) is 9.18 Å². The topological polar surface area (TPSA) is 29.5 Å². The summed E-state index contributed by atoms with van der Waals surface area (Å²) >= 11 is 3.13. The van der Waals surface area contributed by atoms with Gasteiger partial charge in [-0.3, -0.25) is 9.63 Å². The summed E-state index contributed by atoms with van der Waals surface area (Å²) in [4.78, 5) is 16.3. The van der Waals surface area contributed by atoms with E-state index in [2.05, 4.69) is 15.9 Å². The maximum atomic E-state index is 13.0. The fourth-order valence-electron chi connectivity index (χ4n) is 1.41. The molecular weight excluding hydrogens is 301 g/mol. The Balaban J connectivity index is 2.57. The van der Waals surface area contributed by atoms with Crippen LogP contribution in [-0.4, -0.2) is 23.6 Å². The molecule has 1 aromatic carbocycles. The second-order valence-electron chi connectivity index (χ2n) is 4.95. The van der Waals surface area contributed by atoms with Crippen LogP contribution in [0.15, 0.2) is 22.7 Å². The first kappa shape index (κ1) is 15.1. The summed E-state index contributed by atoms with van der Waals surface area (Å²) in [5, 5.41) is 1.26. The summed E-state index contributed by atoms with van der Waals surface area (Å²) in [6, 6.07) is 4.80. The van der Waals surface area contributed by atoms with Crippen LogP contribution in [0, 0.1) is 5.82 Å². The molecule has 0 aliphatic rings. The Labute approximate surface area is 115 Å². The molecule has 1 rings (SSSR count). The van der Waals surface area contributed by atoms with Gasteiger partial charge in [-0.15, -0.1) is 0 Å². The number of nitrogens with zero attached hydrogens (tertiary/aromatic N) is 1. The number of amides is 1. The van der Waals surface area contributed by atoms with Crippen molar-refractivity contribution >= 4 is 22.3 Å². The molecule has 0 radical (unpaired) electrons. The number of hydroxylamine groups is 2. The number of carbonyl (C=O) groups is 1. The average Bonchev–Trinajstić information content (AvgIpc) is 2.27.